The van der Waals surface area contributed by atoms with Gasteiger partial charge in [0.05, 0.1) is 11.4 Å². The zero-order valence-corrected chi connectivity index (χ0v) is 11.6. The maximum Gasteiger partial charge on any atom is 0.371 e. The second-order valence-electron chi connectivity index (χ2n) is 4.04. The van der Waals surface area contributed by atoms with Gasteiger partial charge in [0.2, 0.25) is 11.7 Å². The van der Waals surface area contributed by atoms with Crippen LogP contribution < -0.4 is 5.32 Å². The smallest absolute Gasteiger partial charge is 0.371 e. The molecule has 0 aliphatic rings. The van der Waals surface area contributed by atoms with Crippen molar-refractivity contribution in [2.24, 2.45) is 0 Å². The van der Waals surface area contributed by atoms with Crippen LogP contribution in [0.4, 0.5) is 5.69 Å². The number of thioether (sulfide) groups is 1. The van der Waals surface area contributed by atoms with Crippen LogP contribution in [0.5, 0.6) is 0 Å². The van der Waals surface area contributed by atoms with E-state index in [9.17, 15) is 9.59 Å². The largest absolute Gasteiger partial charge is 0.475 e. The van der Waals surface area contributed by atoms with Crippen LogP contribution in [0.2, 0.25) is 0 Å². The molecule has 5 nitrogen and oxygen atoms in total. The number of benzene rings is 1. The number of para-hydroxylation sites is 1. The highest BCUT2D eigenvalue weighted by Gasteiger charge is 2.10. The molecule has 6 heteroatoms. The van der Waals surface area contributed by atoms with E-state index in [1.807, 2.05) is 24.3 Å². The van der Waals surface area contributed by atoms with Crippen LogP contribution in [0.1, 0.15) is 23.2 Å². The Morgan fingerprint density at radius 1 is 1.25 bits per heavy atom. The third-order valence-corrected chi connectivity index (χ3v) is 3.54. The Morgan fingerprint density at radius 3 is 2.65 bits per heavy atom. The molecule has 2 aromatic rings. The molecule has 1 amide bonds. The molecule has 0 aliphatic heterocycles. The van der Waals surface area contributed by atoms with Crippen LogP contribution in [0.15, 0.2) is 45.7 Å². The van der Waals surface area contributed by atoms with Crippen LogP contribution in [0.3, 0.4) is 0 Å². The average Bonchev–Trinajstić information content (AvgIpc) is 2.86. The number of furan rings is 1. The summed E-state index contributed by atoms with van der Waals surface area (Å²) in [4.78, 5) is 22.7. The van der Waals surface area contributed by atoms with E-state index in [1.54, 1.807) is 6.07 Å². The van der Waals surface area contributed by atoms with Crippen LogP contribution >= 0.6 is 11.8 Å². The first kappa shape index (κ1) is 14.2. The summed E-state index contributed by atoms with van der Waals surface area (Å²) in [6, 6.07) is 10.5. The summed E-state index contributed by atoms with van der Waals surface area (Å²) in [5.41, 5.74) is 0.731. The van der Waals surface area contributed by atoms with E-state index in [0.29, 0.717) is 11.5 Å². The van der Waals surface area contributed by atoms with Crippen molar-refractivity contribution in [3.05, 3.63) is 47.9 Å². The first-order valence-electron chi connectivity index (χ1n) is 5.87. The van der Waals surface area contributed by atoms with Gasteiger partial charge < -0.3 is 14.8 Å². The SMILES string of the molecule is CC(=O)Nc1ccccc1SCc1ccc(C(=O)O)o1. The summed E-state index contributed by atoms with van der Waals surface area (Å²) in [6.07, 6.45) is 0. The quantitative estimate of drug-likeness (QED) is 0.827. The molecule has 0 unspecified atom stereocenters. The van der Waals surface area contributed by atoms with Gasteiger partial charge in [-0.15, -0.1) is 11.8 Å². The summed E-state index contributed by atoms with van der Waals surface area (Å²) >= 11 is 1.47. The van der Waals surface area contributed by atoms with Crippen molar-refractivity contribution in [1.29, 1.82) is 0 Å². The zero-order chi connectivity index (χ0) is 14.5. The van der Waals surface area contributed by atoms with Crippen LogP contribution in [0.25, 0.3) is 0 Å². The Balaban J connectivity index is 2.06. The van der Waals surface area contributed by atoms with Gasteiger partial charge in [0.1, 0.15) is 5.76 Å². The van der Waals surface area contributed by atoms with Crippen molar-refractivity contribution in [3.63, 3.8) is 0 Å². The highest BCUT2D eigenvalue weighted by Crippen LogP contribution is 2.30. The predicted octanol–water partition coefficient (Wildman–Crippen LogP) is 3.23. The van der Waals surface area contributed by atoms with E-state index in [4.69, 9.17) is 9.52 Å². The van der Waals surface area contributed by atoms with Crippen LogP contribution in [-0.2, 0) is 10.5 Å². The van der Waals surface area contributed by atoms with Gasteiger partial charge in [-0.3, -0.25) is 4.79 Å². The first-order chi connectivity index (χ1) is 9.56. The van der Waals surface area contributed by atoms with Crippen molar-refractivity contribution in [2.45, 2.75) is 17.6 Å². The van der Waals surface area contributed by atoms with Crippen LogP contribution in [-0.4, -0.2) is 17.0 Å². The van der Waals surface area contributed by atoms with E-state index < -0.39 is 5.97 Å². The fourth-order valence-corrected chi connectivity index (χ4v) is 2.51. The molecule has 0 aliphatic carbocycles. The molecule has 2 N–H and O–H groups in total. The maximum absolute atomic E-state index is 11.1. The number of carboxylic acid groups (broad SMARTS) is 1. The maximum atomic E-state index is 11.1. The summed E-state index contributed by atoms with van der Waals surface area (Å²) in [5.74, 6) is -0.228. The van der Waals surface area contributed by atoms with Crippen molar-refractivity contribution in [2.75, 3.05) is 5.32 Å². The molecular weight excluding hydrogens is 278 g/mol. The number of rotatable bonds is 5. The Hall–Kier alpha value is -2.21. The second-order valence-corrected chi connectivity index (χ2v) is 5.05. The Morgan fingerprint density at radius 2 is 2.00 bits per heavy atom. The summed E-state index contributed by atoms with van der Waals surface area (Å²) < 4.78 is 5.18. The van der Waals surface area contributed by atoms with E-state index in [2.05, 4.69) is 5.32 Å². The van der Waals surface area contributed by atoms with Gasteiger partial charge in [-0.25, -0.2) is 4.79 Å². The highest BCUT2D eigenvalue weighted by molar-refractivity contribution is 7.98. The lowest BCUT2D eigenvalue weighted by molar-refractivity contribution is -0.114. The standard InChI is InChI=1S/C14H13NO4S/c1-9(16)15-11-4-2-3-5-13(11)20-8-10-6-7-12(19-10)14(17)18/h2-7H,8H2,1H3,(H,15,16)(H,17,18). The lowest BCUT2D eigenvalue weighted by atomic mass is 10.3. The molecule has 0 saturated heterocycles. The van der Waals surface area contributed by atoms with Crippen LogP contribution in [0, 0.1) is 0 Å². The Bertz CT molecular complexity index is 636. The number of aromatic carboxylic acids is 1. The van der Waals surface area contributed by atoms with Crippen molar-refractivity contribution >= 4 is 29.3 Å². The first-order valence-corrected chi connectivity index (χ1v) is 6.86. The Kier molecular flexibility index (Phi) is 4.47. The van der Waals surface area contributed by atoms with Gasteiger partial charge in [-0.1, -0.05) is 12.1 Å². The van der Waals surface area contributed by atoms with Gasteiger partial charge >= 0.3 is 5.97 Å². The molecule has 0 bridgehead atoms. The van der Waals surface area contributed by atoms with Crippen molar-refractivity contribution in [3.8, 4) is 0 Å². The minimum Gasteiger partial charge on any atom is -0.475 e. The minimum absolute atomic E-state index is 0.0734. The summed E-state index contributed by atoms with van der Waals surface area (Å²) in [7, 11) is 0. The normalized spacial score (nSPS) is 10.2. The fourth-order valence-electron chi connectivity index (χ4n) is 1.60. The second kappa shape index (κ2) is 6.29. The molecule has 0 atom stereocenters. The molecular formula is C14H13NO4S. The summed E-state index contributed by atoms with van der Waals surface area (Å²) in [5, 5.41) is 11.5. The van der Waals surface area contributed by atoms with Gasteiger partial charge in [0.25, 0.3) is 0 Å². The lowest BCUT2D eigenvalue weighted by Crippen LogP contribution is -2.06. The lowest BCUT2D eigenvalue weighted by Gasteiger charge is -2.08. The number of carboxylic acids is 1. The number of anilines is 1. The fraction of sp³-hybridized carbons (Fsp3) is 0.143. The predicted molar refractivity (Wildman–Crippen MR) is 76.0 cm³/mol. The van der Waals surface area contributed by atoms with Gasteiger partial charge in [0.15, 0.2) is 0 Å². The van der Waals surface area contributed by atoms with E-state index in [1.165, 1.54) is 24.8 Å². The monoisotopic (exact) mass is 291 g/mol. The number of nitrogens with one attached hydrogen (secondary N) is 1. The highest BCUT2D eigenvalue weighted by atomic mass is 32.2. The molecule has 0 radical (unpaired) electrons. The molecule has 104 valence electrons. The number of carbonyl (C=O) groups is 2. The molecule has 1 aromatic carbocycles. The third kappa shape index (κ3) is 3.64. The number of hydrogen-bond acceptors (Lipinski definition) is 4. The van der Waals surface area contributed by atoms with Gasteiger partial charge in [0, 0.05) is 11.8 Å². The zero-order valence-electron chi connectivity index (χ0n) is 10.8. The number of hydrogen-bond donors (Lipinski definition) is 2. The van der Waals surface area contributed by atoms with Gasteiger partial charge in [-0.2, -0.15) is 0 Å². The van der Waals surface area contributed by atoms with E-state index >= 15 is 0 Å². The van der Waals surface area contributed by atoms with Crippen molar-refractivity contribution < 1.29 is 19.1 Å². The topological polar surface area (TPSA) is 79.5 Å². The minimum atomic E-state index is -1.08. The van der Waals surface area contributed by atoms with Gasteiger partial charge in [-0.05, 0) is 24.3 Å². The number of carbonyl (C=O) groups excluding carboxylic acids is 1. The molecule has 20 heavy (non-hydrogen) atoms. The third-order valence-electron chi connectivity index (χ3n) is 2.44. The molecule has 2 rings (SSSR count). The average molecular weight is 291 g/mol. The molecule has 0 fully saturated rings. The molecule has 1 heterocycles. The van der Waals surface area contributed by atoms with E-state index in [-0.39, 0.29) is 11.7 Å². The summed E-state index contributed by atoms with van der Waals surface area (Å²) in [6.45, 7) is 1.45. The molecule has 1 aromatic heterocycles. The molecule has 0 saturated carbocycles. The van der Waals surface area contributed by atoms with E-state index in [0.717, 1.165) is 10.6 Å². The number of amides is 1. The van der Waals surface area contributed by atoms with Crippen molar-refractivity contribution in [1.82, 2.24) is 0 Å². The molecule has 0 spiro atoms. The Labute approximate surface area is 120 Å².